The van der Waals surface area contributed by atoms with Gasteiger partial charge in [-0.1, -0.05) is 13.3 Å². The zero-order valence-corrected chi connectivity index (χ0v) is 16.5. The molecule has 1 aliphatic rings. The van der Waals surface area contributed by atoms with Crippen LogP contribution in [0.4, 0.5) is 0 Å². The van der Waals surface area contributed by atoms with E-state index in [1.165, 1.54) is 0 Å². The van der Waals surface area contributed by atoms with Gasteiger partial charge in [-0.3, -0.25) is 6.08 Å². The molecular formula is C14H32Cl2NOTi-7. The van der Waals surface area contributed by atoms with Gasteiger partial charge in [-0.15, -0.1) is 31.2 Å². The Kier molecular flexibility index (Phi) is 197. The molecular weight excluding hydrogens is 317 g/mol. The van der Waals surface area contributed by atoms with Crippen molar-refractivity contribution in [2.75, 3.05) is 6.61 Å². The molecule has 0 unspecified atom stereocenters. The number of hydrogen-bond donors (Lipinski definition) is 0. The fraction of sp³-hybridized carbons (Fsp3) is 0.357. The van der Waals surface area contributed by atoms with Crippen LogP contribution in [-0.4, -0.2) is 6.61 Å². The fourth-order valence-electron chi connectivity index (χ4n) is 0.557. The molecule has 2 nitrogen and oxygen atoms in total. The van der Waals surface area contributed by atoms with Crippen LogP contribution in [0.1, 0.15) is 26.2 Å². The smallest absolute Gasteiger partial charge is 0.0243 e. The molecule has 1 N–H and O–H groups in total. The molecule has 0 aromatic heterocycles. The maximum absolute atomic E-state index is 6.21. The minimum Gasteiger partial charge on any atom is -0.549 e. The van der Waals surface area contributed by atoms with Crippen molar-refractivity contribution in [3.05, 3.63) is 67.3 Å². The Labute approximate surface area is 151 Å². The predicted molar refractivity (Wildman–Crippen MR) is 93.3 cm³/mol. The van der Waals surface area contributed by atoms with E-state index in [9.17, 15) is 0 Å². The quantitative estimate of drug-likeness (QED) is 0.260. The first-order valence-corrected chi connectivity index (χ1v) is 3.92. The number of halogens is 2. The maximum atomic E-state index is 6.21. The third-order valence-electron chi connectivity index (χ3n) is 1.19. The average Bonchev–Trinajstić information content (AvgIpc) is 2.57. The van der Waals surface area contributed by atoms with Crippen LogP contribution in [0.25, 0.3) is 5.90 Å². The second kappa shape index (κ2) is 62.3. The number of unbranched alkanes of at least 4 members (excludes halogenated alkanes) is 1. The van der Waals surface area contributed by atoms with Gasteiger partial charge in [0.2, 0.25) is 0 Å². The number of rotatable bonds is 3. The first-order chi connectivity index (χ1) is 5.41. The first-order valence-electron chi connectivity index (χ1n) is 3.92. The minimum atomic E-state index is 0. The summed E-state index contributed by atoms with van der Waals surface area (Å²) in [5.41, 5.74) is 0. The molecule has 1 aliphatic carbocycles. The second-order valence-electron chi connectivity index (χ2n) is 2.21. The van der Waals surface area contributed by atoms with Gasteiger partial charge in [0.05, 0.1) is 0 Å². The van der Waals surface area contributed by atoms with Gasteiger partial charge in [0.25, 0.3) is 0 Å². The molecule has 1 rings (SSSR count). The molecule has 19 heavy (non-hydrogen) atoms. The third kappa shape index (κ3) is 68.9. The van der Waals surface area contributed by atoms with Gasteiger partial charge in [-0.05, 0) is 6.42 Å². The summed E-state index contributed by atoms with van der Waals surface area (Å²) < 4.78 is 0. The summed E-state index contributed by atoms with van der Waals surface area (Å²) >= 11 is 0. The van der Waals surface area contributed by atoms with E-state index in [1.54, 1.807) is 0 Å². The molecule has 0 heterocycles. The van der Waals surface area contributed by atoms with E-state index in [4.69, 9.17) is 5.90 Å². The summed E-state index contributed by atoms with van der Waals surface area (Å²) in [6.45, 7) is 2.65. The Bertz CT molecular complexity index is 121. The number of allylic oxidation sites excluding steroid dienone is 4. The molecule has 0 saturated heterocycles. The molecule has 0 amide bonds. The van der Waals surface area contributed by atoms with Gasteiger partial charge in [0.15, 0.2) is 0 Å². The van der Waals surface area contributed by atoms with Crippen LogP contribution < -0.4 is 0 Å². The monoisotopic (exact) mass is 348 g/mol. The van der Waals surface area contributed by atoms with Crippen molar-refractivity contribution in [2.24, 2.45) is 0 Å². The van der Waals surface area contributed by atoms with Crippen LogP contribution in [0.2, 0.25) is 0 Å². The Morgan fingerprint density at radius 2 is 1.58 bits per heavy atom. The van der Waals surface area contributed by atoms with E-state index in [0.29, 0.717) is 6.61 Å². The topological polar surface area (TPSA) is 33.0 Å². The zero-order chi connectivity index (χ0) is 8.36. The number of nitrogens with one attached hydrogen (secondary N) is 1. The van der Waals surface area contributed by atoms with Gasteiger partial charge >= 0.3 is 0 Å². The van der Waals surface area contributed by atoms with Crippen LogP contribution in [0.15, 0.2) is 18.2 Å². The van der Waals surface area contributed by atoms with E-state index < -0.39 is 0 Å². The van der Waals surface area contributed by atoms with E-state index in [2.05, 4.69) is 23.9 Å². The predicted octanol–water partition coefficient (Wildman–Crippen LogP) is 6.17. The molecule has 0 fully saturated rings. The van der Waals surface area contributed by atoms with Gasteiger partial charge in [0, 0.05) is 28.3 Å². The molecule has 0 atom stereocenters. The van der Waals surface area contributed by atoms with Crippen molar-refractivity contribution in [3.8, 4) is 0 Å². The van der Waals surface area contributed by atoms with Crippen molar-refractivity contribution in [1.82, 2.24) is 0 Å². The maximum Gasteiger partial charge on any atom is 0.0243 e. The fourth-order valence-corrected chi connectivity index (χ4v) is 0.557. The van der Waals surface area contributed by atoms with E-state index in [-0.39, 0.29) is 83.7 Å². The molecule has 5 heteroatoms. The van der Waals surface area contributed by atoms with Crippen molar-refractivity contribution in [2.45, 2.75) is 26.2 Å². The van der Waals surface area contributed by atoms with Crippen LogP contribution in [-0.2, 0) is 26.6 Å². The van der Waals surface area contributed by atoms with Crippen molar-refractivity contribution in [3.63, 3.8) is 0 Å². The molecule has 124 valence electrons. The van der Waals surface area contributed by atoms with Crippen molar-refractivity contribution < 1.29 is 26.6 Å². The first kappa shape index (κ1) is 60.2. The van der Waals surface area contributed by atoms with Crippen LogP contribution in [0, 0.1) is 43.2 Å². The third-order valence-corrected chi connectivity index (χ3v) is 1.19. The Morgan fingerprint density at radius 3 is 1.68 bits per heavy atom. The summed E-state index contributed by atoms with van der Waals surface area (Å²) in [5, 5.41) is 0. The van der Waals surface area contributed by atoms with Gasteiger partial charge in [0.1, 0.15) is 0 Å². The van der Waals surface area contributed by atoms with Crippen molar-refractivity contribution >= 4 is 24.8 Å². The van der Waals surface area contributed by atoms with Crippen LogP contribution >= 0.6 is 24.8 Å². The molecule has 0 spiro atoms. The number of hydrogen-bond acceptors (Lipinski definition) is 1. The molecule has 0 aromatic carbocycles. The second-order valence-corrected chi connectivity index (χ2v) is 2.21. The summed E-state index contributed by atoms with van der Waals surface area (Å²) in [7, 11) is 0. The van der Waals surface area contributed by atoms with Gasteiger partial charge in [-0.25, -0.2) is 12.2 Å². The standard InChI is InChI=1S/C5H5.C4H10NO.5CH3.2ClH.Ti/c1-2-4-5-3-1;1-2-3-4-6-5;;;;;;;;/h1-3H,4H2;5H,2-4H2,1H3;5*1H3;2*1H;/q7*-1;;;. The molecule has 0 radical (unpaired) electrons. The van der Waals surface area contributed by atoms with E-state index in [0.717, 1.165) is 19.3 Å². The van der Waals surface area contributed by atoms with Crippen molar-refractivity contribution in [1.29, 1.82) is 0 Å². The largest absolute Gasteiger partial charge is 0.549 e. The molecule has 0 aromatic rings. The molecule has 0 saturated carbocycles. The van der Waals surface area contributed by atoms with E-state index >= 15 is 0 Å². The molecule has 0 bridgehead atoms. The normalized spacial score (nSPS) is 7.47. The van der Waals surface area contributed by atoms with Crippen LogP contribution in [0.5, 0.6) is 0 Å². The minimum absolute atomic E-state index is 0. The SMILES string of the molecule is CCCCO[NH-].Cl.Cl.[C-]1=CC=CC1.[CH3-].[CH3-].[CH3-].[CH3-].[CH3-].[Ti]. The average molecular weight is 349 g/mol. The van der Waals surface area contributed by atoms with Crippen LogP contribution in [0.3, 0.4) is 0 Å². The van der Waals surface area contributed by atoms with E-state index in [1.807, 2.05) is 12.2 Å². The Hall–Kier alpha value is 0.694. The summed E-state index contributed by atoms with van der Waals surface area (Å²) in [5.74, 6) is 6.21. The Balaban J connectivity index is -0.0000000106. The summed E-state index contributed by atoms with van der Waals surface area (Å²) in [4.78, 5) is 4.03. The summed E-state index contributed by atoms with van der Waals surface area (Å²) in [6, 6.07) is 0. The van der Waals surface area contributed by atoms with Gasteiger partial charge in [-0.2, -0.15) is 6.08 Å². The Morgan fingerprint density at radius 1 is 1.11 bits per heavy atom. The van der Waals surface area contributed by atoms with Gasteiger partial charge < -0.3 is 47.9 Å². The summed E-state index contributed by atoms with van der Waals surface area (Å²) in [6.07, 6.45) is 12.1. The zero-order valence-electron chi connectivity index (χ0n) is 13.3. The molecule has 0 aliphatic heterocycles.